The van der Waals surface area contributed by atoms with Gasteiger partial charge < -0.3 is 15.6 Å². The van der Waals surface area contributed by atoms with Gasteiger partial charge in [0.2, 0.25) is 0 Å². The smallest absolute Gasteiger partial charge is 0.338 e. The third-order valence-electron chi connectivity index (χ3n) is 1.88. The molecule has 0 atom stereocenters. The van der Waals surface area contributed by atoms with E-state index >= 15 is 0 Å². The SMILES string of the molecule is Cc1cc(N)cc(C(=O)OCCC(=O)O)c1. The molecule has 0 fully saturated rings. The fourth-order valence-electron chi connectivity index (χ4n) is 1.24. The van der Waals surface area contributed by atoms with E-state index < -0.39 is 11.9 Å². The first kappa shape index (κ1) is 12.0. The van der Waals surface area contributed by atoms with E-state index in [1.54, 1.807) is 12.1 Å². The molecule has 0 saturated carbocycles. The topological polar surface area (TPSA) is 89.6 Å². The Kier molecular flexibility index (Phi) is 3.88. The molecule has 3 N–H and O–H groups in total. The standard InChI is InChI=1S/C11H13NO4/c1-7-4-8(6-9(12)5-7)11(15)16-3-2-10(13)14/h4-6H,2-3,12H2,1H3,(H,13,14). The van der Waals surface area contributed by atoms with Crippen LogP contribution >= 0.6 is 0 Å². The minimum absolute atomic E-state index is 0.137. The van der Waals surface area contributed by atoms with Gasteiger partial charge in [0.05, 0.1) is 12.0 Å². The Morgan fingerprint density at radius 2 is 2.06 bits per heavy atom. The highest BCUT2D eigenvalue weighted by Gasteiger charge is 2.09. The van der Waals surface area contributed by atoms with Crippen LogP contribution in [0.3, 0.4) is 0 Å². The molecule has 0 radical (unpaired) electrons. The number of hydrogen-bond donors (Lipinski definition) is 2. The second-order valence-electron chi connectivity index (χ2n) is 3.41. The lowest BCUT2D eigenvalue weighted by Crippen LogP contribution is -2.10. The first-order valence-electron chi connectivity index (χ1n) is 4.75. The lowest BCUT2D eigenvalue weighted by Gasteiger charge is -2.05. The number of hydrogen-bond acceptors (Lipinski definition) is 4. The quantitative estimate of drug-likeness (QED) is 0.591. The van der Waals surface area contributed by atoms with Crippen LogP contribution in [0, 0.1) is 6.92 Å². The summed E-state index contributed by atoms with van der Waals surface area (Å²) in [6, 6.07) is 4.86. The molecule has 16 heavy (non-hydrogen) atoms. The van der Waals surface area contributed by atoms with Gasteiger partial charge in [0.25, 0.3) is 0 Å². The fourth-order valence-corrected chi connectivity index (χ4v) is 1.24. The summed E-state index contributed by atoms with van der Waals surface area (Å²) < 4.78 is 4.77. The molecule has 5 nitrogen and oxygen atoms in total. The number of esters is 1. The Morgan fingerprint density at radius 1 is 1.38 bits per heavy atom. The number of carboxylic acid groups (broad SMARTS) is 1. The Hall–Kier alpha value is -2.04. The van der Waals surface area contributed by atoms with Gasteiger partial charge >= 0.3 is 11.9 Å². The number of ether oxygens (including phenoxy) is 1. The largest absolute Gasteiger partial charge is 0.481 e. The number of nitrogens with two attached hydrogens (primary N) is 1. The molecule has 86 valence electrons. The van der Waals surface area contributed by atoms with Crippen molar-refractivity contribution < 1.29 is 19.4 Å². The molecule has 1 rings (SSSR count). The summed E-state index contributed by atoms with van der Waals surface area (Å²) in [5, 5.41) is 8.37. The van der Waals surface area contributed by atoms with Crippen LogP contribution in [0.2, 0.25) is 0 Å². The molecule has 5 heteroatoms. The summed E-state index contributed by atoms with van der Waals surface area (Å²) in [6.07, 6.45) is -0.201. The molecule has 0 aliphatic carbocycles. The summed E-state index contributed by atoms with van der Waals surface area (Å²) in [6.45, 7) is 1.67. The molecule has 0 bridgehead atoms. The van der Waals surface area contributed by atoms with Gasteiger partial charge in [0.15, 0.2) is 0 Å². The average Bonchev–Trinajstić information content (AvgIpc) is 2.15. The number of rotatable bonds is 4. The molecule has 0 aromatic heterocycles. The van der Waals surface area contributed by atoms with Crippen molar-refractivity contribution in [1.29, 1.82) is 0 Å². The number of nitrogen functional groups attached to an aromatic ring is 1. The van der Waals surface area contributed by atoms with Gasteiger partial charge in [-0.2, -0.15) is 0 Å². The minimum atomic E-state index is -1.00. The zero-order valence-electron chi connectivity index (χ0n) is 8.90. The van der Waals surface area contributed by atoms with Crippen molar-refractivity contribution in [1.82, 2.24) is 0 Å². The van der Waals surface area contributed by atoms with E-state index in [9.17, 15) is 9.59 Å². The number of aryl methyl sites for hydroxylation is 1. The highest BCUT2D eigenvalue weighted by Crippen LogP contribution is 2.12. The number of anilines is 1. The molecular formula is C11H13NO4. The van der Waals surface area contributed by atoms with Crippen molar-refractivity contribution in [3.63, 3.8) is 0 Å². The molecule has 0 amide bonds. The van der Waals surface area contributed by atoms with Crippen LogP contribution in [0.25, 0.3) is 0 Å². The normalized spacial score (nSPS) is 9.81. The number of aliphatic carboxylic acids is 1. The third-order valence-corrected chi connectivity index (χ3v) is 1.88. The van der Waals surface area contributed by atoms with Gasteiger partial charge in [-0.3, -0.25) is 4.79 Å². The van der Waals surface area contributed by atoms with Crippen LogP contribution in [-0.2, 0) is 9.53 Å². The average molecular weight is 223 g/mol. The maximum Gasteiger partial charge on any atom is 0.338 e. The van der Waals surface area contributed by atoms with Crippen molar-refractivity contribution in [2.45, 2.75) is 13.3 Å². The molecule has 0 aliphatic rings. The van der Waals surface area contributed by atoms with Gasteiger partial charge in [-0.1, -0.05) is 0 Å². The van der Waals surface area contributed by atoms with E-state index in [1.165, 1.54) is 6.07 Å². The molecule has 1 aromatic rings. The summed E-state index contributed by atoms with van der Waals surface area (Å²) in [5.41, 5.74) is 7.24. The van der Waals surface area contributed by atoms with E-state index in [0.29, 0.717) is 11.3 Å². The lowest BCUT2D eigenvalue weighted by atomic mass is 10.1. The zero-order chi connectivity index (χ0) is 12.1. The van der Waals surface area contributed by atoms with E-state index in [2.05, 4.69) is 0 Å². The van der Waals surface area contributed by atoms with Crippen molar-refractivity contribution in [2.24, 2.45) is 0 Å². The first-order valence-corrected chi connectivity index (χ1v) is 4.75. The number of carbonyl (C=O) groups excluding carboxylic acids is 1. The minimum Gasteiger partial charge on any atom is -0.481 e. The number of carbonyl (C=O) groups is 2. The van der Waals surface area contributed by atoms with Crippen LogP contribution in [0.15, 0.2) is 18.2 Å². The lowest BCUT2D eigenvalue weighted by molar-refractivity contribution is -0.137. The predicted octanol–water partition coefficient (Wildman–Crippen LogP) is 1.21. The first-order chi connectivity index (χ1) is 7.49. The van der Waals surface area contributed by atoms with Gasteiger partial charge in [-0.05, 0) is 30.7 Å². The highest BCUT2D eigenvalue weighted by molar-refractivity contribution is 5.90. The molecular weight excluding hydrogens is 210 g/mol. The Morgan fingerprint density at radius 3 is 2.62 bits per heavy atom. The van der Waals surface area contributed by atoms with Gasteiger partial charge in [0, 0.05) is 5.69 Å². The Balaban J connectivity index is 2.62. The van der Waals surface area contributed by atoms with Crippen molar-refractivity contribution in [3.8, 4) is 0 Å². The molecule has 1 aromatic carbocycles. The van der Waals surface area contributed by atoms with Gasteiger partial charge in [-0.15, -0.1) is 0 Å². The molecule has 0 heterocycles. The van der Waals surface area contributed by atoms with Crippen LogP contribution in [0.1, 0.15) is 22.3 Å². The third kappa shape index (κ3) is 3.61. The fraction of sp³-hybridized carbons (Fsp3) is 0.273. The highest BCUT2D eigenvalue weighted by atomic mass is 16.5. The van der Waals surface area contributed by atoms with Crippen LogP contribution in [0.5, 0.6) is 0 Å². The van der Waals surface area contributed by atoms with Crippen molar-refractivity contribution in [2.75, 3.05) is 12.3 Å². The number of carboxylic acids is 1. The van der Waals surface area contributed by atoms with E-state index in [0.717, 1.165) is 5.56 Å². The number of benzene rings is 1. The van der Waals surface area contributed by atoms with Crippen LogP contribution < -0.4 is 5.73 Å². The molecule has 0 aliphatic heterocycles. The zero-order valence-corrected chi connectivity index (χ0v) is 8.90. The monoisotopic (exact) mass is 223 g/mol. The maximum atomic E-state index is 11.5. The summed E-state index contributed by atoms with van der Waals surface area (Å²) in [4.78, 5) is 21.7. The molecule has 0 spiro atoms. The summed E-state index contributed by atoms with van der Waals surface area (Å²) in [5.74, 6) is -1.56. The van der Waals surface area contributed by atoms with Crippen LogP contribution in [0.4, 0.5) is 5.69 Å². The summed E-state index contributed by atoms with van der Waals surface area (Å²) >= 11 is 0. The predicted molar refractivity (Wildman–Crippen MR) is 58.1 cm³/mol. The molecule has 0 saturated heterocycles. The maximum absolute atomic E-state index is 11.5. The Labute approximate surface area is 92.8 Å². The second-order valence-corrected chi connectivity index (χ2v) is 3.41. The van der Waals surface area contributed by atoms with Crippen molar-refractivity contribution >= 4 is 17.6 Å². The van der Waals surface area contributed by atoms with E-state index in [-0.39, 0.29) is 13.0 Å². The van der Waals surface area contributed by atoms with Crippen molar-refractivity contribution in [3.05, 3.63) is 29.3 Å². The summed E-state index contributed by atoms with van der Waals surface area (Å²) in [7, 11) is 0. The molecule has 0 unspecified atom stereocenters. The van der Waals surface area contributed by atoms with Crippen LogP contribution in [-0.4, -0.2) is 23.7 Å². The van der Waals surface area contributed by atoms with Gasteiger partial charge in [0.1, 0.15) is 6.61 Å². The second kappa shape index (κ2) is 5.16. The van der Waals surface area contributed by atoms with Gasteiger partial charge in [-0.25, -0.2) is 4.79 Å². The van der Waals surface area contributed by atoms with E-state index in [4.69, 9.17) is 15.6 Å². The Bertz CT molecular complexity index is 394. The van der Waals surface area contributed by atoms with E-state index in [1.807, 2.05) is 6.92 Å².